The van der Waals surface area contributed by atoms with Crippen LogP contribution in [0.4, 0.5) is 0 Å². The third-order valence-electron chi connectivity index (χ3n) is 4.29. The summed E-state index contributed by atoms with van der Waals surface area (Å²) < 4.78 is 5.81. The molecule has 0 spiro atoms. The molecule has 7 heteroatoms. The summed E-state index contributed by atoms with van der Waals surface area (Å²) in [6.07, 6.45) is 3.12. The van der Waals surface area contributed by atoms with Crippen molar-refractivity contribution < 1.29 is 14.3 Å². The minimum atomic E-state index is -0.0412. The fourth-order valence-electron chi connectivity index (χ4n) is 3.22. The SMILES string of the molecule is CC(=O)N1CCO[C@H]2CCN(C(=O)c3ccn[nH]3)CC[C@H]21. The fourth-order valence-corrected chi connectivity index (χ4v) is 3.22. The number of ether oxygens (including phenoxy) is 1. The number of carbonyl (C=O) groups excluding carboxylic acids is 2. The van der Waals surface area contributed by atoms with E-state index >= 15 is 0 Å². The molecule has 1 N–H and O–H groups in total. The third-order valence-corrected chi connectivity index (χ3v) is 4.29. The van der Waals surface area contributed by atoms with Crippen LogP contribution in [0, 0.1) is 0 Å². The maximum atomic E-state index is 12.4. The first-order valence-electron chi connectivity index (χ1n) is 7.34. The van der Waals surface area contributed by atoms with Crippen LogP contribution in [-0.4, -0.2) is 70.2 Å². The van der Waals surface area contributed by atoms with Crippen LogP contribution in [0.1, 0.15) is 30.3 Å². The molecule has 1 aromatic rings. The zero-order valence-corrected chi connectivity index (χ0v) is 12.1. The van der Waals surface area contributed by atoms with E-state index in [1.165, 1.54) is 0 Å². The molecule has 0 saturated carbocycles. The van der Waals surface area contributed by atoms with Crippen LogP contribution in [0.5, 0.6) is 0 Å². The standard InChI is InChI=1S/C14H20N4O3/c1-10(19)18-8-9-21-13-4-7-17(6-3-12(13)18)14(20)11-2-5-15-16-11/h2,5,12-13H,3-4,6-9H2,1H3,(H,15,16)/t12-,13+/m1/s1. The highest BCUT2D eigenvalue weighted by atomic mass is 16.5. The number of nitrogens with one attached hydrogen (secondary N) is 1. The highest BCUT2D eigenvalue weighted by Crippen LogP contribution is 2.24. The Morgan fingerprint density at radius 1 is 1.33 bits per heavy atom. The Bertz CT molecular complexity index is 516. The van der Waals surface area contributed by atoms with E-state index < -0.39 is 0 Å². The third kappa shape index (κ3) is 2.78. The van der Waals surface area contributed by atoms with Gasteiger partial charge in [-0.15, -0.1) is 0 Å². The van der Waals surface area contributed by atoms with E-state index in [4.69, 9.17) is 4.74 Å². The maximum Gasteiger partial charge on any atom is 0.271 e. The van der Waals surface area contributed by atoms with Crippen LogP contribution in [0.2, 0.25) is 0 Å². The van der Waals surface area contributed by atoms with E-state index in [1.54, 1.807) is 19.2 Å². The van der Waals surface area contributed by atoms with Gasteiger partial charge in [-0.05, 0) is 18.9 Å². The van der Waals surface area contributed by atoms with Gasteiger partial charge in [0.2, 0.25) is 5.91 Å². The van der Waals surface area contributed by atoms with Crippen molar-refractivity contribution in [1.29, 1.82) is 0 Å². The second kappa shape index (κ2) is 5.85. The Hall–Kier alpha value is -1.89. The van der Waals surface area contributed by atoms with E-state index in [2.05, 4.69) is 10.2 Å². The molecule has 2 saturated heterocycles. The van der Waals surface area contributed by atoms with E-state index in [0.29, 0.717) is 31.9 Å². The highest BCUT2D eigenvalue weighted by Gasteiger charge is 2.36. The number of fused-ring (bicyclic) bond motifs is 1. The fraction of sp³-hybridized carbons (Fsp3) is 0.643. The van der Waals surface area contributed by atoms with Crippen molar-refractivity contribution in [2.75, 3.05) is 26.2 Å². The minimum absolute atomic E-state index is 0.0298. The van der Waals surface area contributed by atoms with Gasteiger partial charge in [0.15, 0.2) is 0 Å². The minimum Gasteiger partial charge on any atom is -0.374 e. The molecule has 2 aliphatic heterocycles. The summed E-state index contributed by atoms with van der Waals surface area (Å²) >= 11 is 0. The molecule has 114 valence electrons. The summed E-state index contributed by atoms with van der Waals surface area (Å²) in [6.45, 7) is 4.10. The van der Waals surface area contributed by atoms with Gasteiger partial charge in [0.05, 0.1) is 18.8 Å². The van der Waals surface area contributed by atoms with Gasteiger partial charge in [-0.3, -0.25) is 14.7 Å². The van der Waals surface area contributed by atoms with E-state index in [1.807, 2.05) is 9.80 Å². The topological polar surface area (TPSA) is 78.5 Å². The van der Waals surface area contributed by atoms with Gasteiger partial charge in [0.25, 0.3) is 5.91 Å². The van der Waals surface area contributed by atoms with Gasteiger partial charge >= 0.3 is 0 Å². The number of nitrogens with zero attached hydrogens (tertiary/aromatic N) is 3. The molecule has 7 nitrogen and oxygen atoms in total. The molecule has 0 aliphatic carbocycles. The van der Waals surface area contributed by atoms with Crippen LogP contribution in [0.25, 0.3) is 0 Å². The lowest BCUT2D eigenvalue weighted by atomic mass is 10.0. The molecule has 3 heterocycles. The summed E-state index contributed by atoms with van der Waals surface area (Å²) in [5.41, 5.74) is 0.504. The predicted octanol–water partition coefficient (Wildman–Crippen LogP) is 0.262. The summed E-state index contributed by atoms with van der Waals surface area (Å²) in [5, 5.41) is 6.53. The number of carbonyl (C=O) groups is 2. The van der Waals surface area contributed by atoms with Gasteiger partial charge in [0.1, 0.15) is 5.69 Å². The molecule has 0 aromatic carbocycles. The van der Waals surface area contributed by atoms with Gasteiger partial charge in [-0.25, -0.2) is 0 Å². The molecule has 2 amide bonds. The molecule has 1 aromatic heterocycles. The lowest BCUT2D eigenvalue weighted by Gasteiger charge is -2.39. The smallest absolute Gasteiger partial charge is 0.271 e. The molecule has 0 bridgehead atoms. The van der Waals surface area contributed by atoms with Crippen molar-refractivity contribution in [3.05, 3.63) is 18.0 Å². The van der Waals surface area contributed by atoms with Crippen molar-refractivity contribution >= 4 is 11.8 Å². The number of hydrogen-bond donors (Lipinski definition) is 1. The molecular formula is C14H20N4O3. The number of H-pyrrole nitrogens is 1. The van der Waals surface area contributed by atoms with Crippen LogP contribution in [-0.2, 0) is 9.53 Å². The second-order valence-electron chi connectivity index (χ2n) is 5.53. The lowest BCUT2D eigenvalue weighted by molar-refractivity contribution is -0.144. The number of amides is 2. The van der Waals surface area contributed by atoms with Crippen molar-refractivity contribution in [2.24, 2.45) is 0 Å². The quantitative estimate of drug-likeness (QED) is 0.805. The van der Waals surface area contributed by atoms with E-state index in [-0.39, 0.29) is 24.0 Å². The van der Waals surface area contributed by atoms with Crippen LogP contribution in [0.15, 0.2) is 12.3 Å². The Morgan fingerprint density at radius 3 is 2.86 bits per heavy atom. The number of aromatic amines is 1. The summed E-state index contributed by atoms with van der Waals surface area (Å²) in [5.74, 6) is 0.0437. The average molecular weight is 292 g/mol. The van der Waals surface area contributed by atoms with Gasteiger partial charge in [0, 0.05) is 32.8 Å². The normalized spacial score (nSPS) is 26.1. The Morgan fingerprint density at radius 2 is 2.14 bits per heavy atom. The monoisotopic (exact) mass is 292 g/mol. The molecule has 2 atom stereocenters. The van der Waals surface area contributed by atoms with Crippen LogP contribution in [0.3, 0.4) is 0 Å². The van der Waals surface area contributed by atoms with E-state index in [0.717, 1.165) is 12.8 Å². The van der Waals surface area contributed by atoms with Gasteiger partial charge in [-0.2, -0.15) is 5.10 Å². The maximum absolute atomic E-state index is 12.4. The van der Waals surface area contributed by atoms with Crippen molar-refractivity contribution in [3.63, 3.8) is 0 Å². The largest absolute Gasteiger partial charge is 0.374 e. The predicted molar refractivity (Wildman–Crippen MR) is 74.6 cm³/mol. The van der Waals surface area contributed by atoms with Crippen molar-refractivity contribution in [3.8, 4) is 0 Å². The van der Waals surface area contributed by atoms with Crippen LogP contribution >= 0.6 is 0 Å². The molecular weight excluding hydrogens is 272 g/mol. The number of hydrogen-bond acceptors (Lipinski definition) is 4. The van der Waals surface area contributed by atoms with E-state index in [9.17, 15) is 9.59 Å². The molecule has 2 fully saturated rings. The highest BCUT2D eigenvalue weighted by molar-refractivity contribution is 5.92. The van der Waals surface area contributed by atoms with Crippen LogP contribution < -0.4 is 0 Å². The summed E-state index contributed by atoms with van der Waals surface area (Å²) in [6, 6.07) is 1.76. The van der Waals surface area contributed by atoms with Gasteiger partial charge < -0.3 is 14.5 Å². The second-order valence-corrected chi connectivity index (χ2v) is 5.53. The summed E-state index contributed by atoms with van der Waals surface area (Å²) in [7, 11) is 0. The first kappa shape index (κ1) is 14.1. The number of aromatic nitrogens is 2. The molecule has 3 rings (SSSR count). The van der Waals surface area contributed by atoms with Crippen molar-refractivity contribution in [1.82, 2.24) is 20.0 Å². The van der Waals surface area contributed by atoms with Gasteiger partial charge in [-0.1, -0.05) is 0 Å². The summed E-state index contributed by atoms with van der Waals surface area (Å²) in [4.78, 5) is 27.8. The zero-order chi connectivity index (χ0) is 14.8. The molecule has 0 unspecified atom stereocenters. The Labute approximate surface area is 123 Å². The number of likely N-dealkylation sites (tertiary alicyclic amines) is 1. The first-order valence-corrected chi connectivity index (χ1v) is 7.34. The molecule has 21 heavy (non-hydrogen) atoms. The number of morpholine rings is 1. The average Bonchev–Trinajstić information content (AvgIpc) is 2.92. The molecule has 0 radical (unpaired) electrons. The first-order chi connectivity index (χ1) is 10.2. The Kier molecular flexibility index (Phi) is 3.92. The lowest BCUT2D eigenvalue weighted by Crippen LogP contribution is -2.52. The molecule has 2 aliphatic rings. The zero-order valence-electron chi connectivity index (χ0n) is 12.1. The Balaban J connectivity index is 1.71. The number of rotatable bonds is 1. The van der Waals surface area contributed by atoms with Crippen molar-refractivity contribution in [2.45, 2.75) is 31.9 Å².